The zero-order valence-corrected chi connectivity index (χ0v) is 11.1. The third-order valence-electron chi connectivity index (χ3n) is 2.58. The van der Waals surface area contributed by atoms with Crippen molar-refractivity contribution in [2.45, 2.75) is 31.9 Å². The largest absolute Gasteiger partial charge is 0.282 e. The fraction of sp³-hybridized carbons (Fsp3) is 0.500. The molecule has 0 amide bonds. The van der Waals surface area contributed by atoms with Crippen LogP contribution < -0.4 is 0 Å². The number of carbonyl (C=O) groups is 1. The normalized spacial score (nSPS) is 12.3. The number of hydrogen-bond donors (Lipinski definition) is 0. The summed E-state index contributed by atoms with van der Waals surface area (Å²) in [4.78, 5) is 11.7. The van der Waals surface area contributed by atoms with E-state index < -0.39 is 12.8 Å². The van der Waals surface area contributed by atoms with Crippen LogP contribution in [0.15, 0.2) is 30.3 Å². The van der Waals surface area contributed by atoms with Crippen LogP contribution in [-0.2, 0) is 0 Å². The van der Waals surface area contributed by atoms with Crippen molar-refractivity contribution < 1.29 is 13.6 Å². The summed E-state index contributed by atoms with van der Waals surface area (Å²) in [5, 5.41) is 0.0520. The maximum atomic E-state index is 12.9. The van der Waals surface area contributed by atoms with Gasteiger partial charge < -0.3 is 0 Å². The van der Waals surface area contributed by atoms with E-state index in [0.29, 0.717) is 24.2 Å². The number of halogens is 2. The first-order chi connectivity index (χ1) is 8.74. The van der Waals surface area contributed by atoms with E-state index in [-0.39, 0.29) is 11.5 Å². The highest BCUT2D eigenvalue weighted by Crippen LogP contribution is 2.16. The van der Waals surface area contributed by atoms with Gasteiger partial charge in [-0.15, -0.1) is 0 Å². The van der Waals surface area contributed by atoms with Crippen molar-refractivity contribution in [3.05, 3.63) is 35.9 Å². The van der Waals surface area contributed by atoms with Gasteiger partial charge in [-0.05, 0) is 19.3 Å². The van der Waals surface area contributed by atoms with Gasteiger partial charge in [0, 0.05) is 17.7 Å². The topological polar surface area (TPSA) is 17.1 Å². The van der Waals surface area contributed by atoms with Gasteiger partial charge >= 0.3 is 0 Å². The molecule has 0 fully saturated rings. The predicted octanol–water partition coefficient (Wildman–Crippen LogP) is 4.43. The number of thioether (sulfide) groups is 1. The number of alkyl halides is 2. The summed E-state index contributed by atoms with van der Waals surface area (Å²) in [7, 11) is 0. The molecule has 18 heavy (non-hydrogen) atoms. The number of hydrogen-bond acceptors (Lipinski definition) is 2. The quantitative estimate of drug-likeness (QED) is 0.651. The fourth-order valence-electron chi connectivity index (χ4n) is 1.55. The number of rotatable bonds is 8. The second-order valence-corrected chi connectivity index (χ2v) is 5.14. The van der Waals surface area contributed by atoms with Crippen LogP contribution in [0.2, 0.25) is 0 Å². The molecule has 1 unspecified atom stereocenters. The Morgan fingerprint density at radius 1 is 1.17 bits per heavy atom. The van der Waals surface area contributed by atoms with Gasteiger partial charge in [0.05, 0.1) is 6.67 Å². The first-order valence-corrected chi connectivity index (χ1v) is 7.15. The molecule has 0 spiro atoms. The molecule has 100 valence electrons. The second-order valence-electron chi connectivity index (χ2n) is 4.07. The molecule has 1 atom stereocenters. The molecule has 0 saturated carbocycles. The van der Waals surface area contributed by atoms with Gasteiger partial charge in [-0.3, -0.25) is 9.18 Å². The first kappa shape index (κ1) is 15.2. The maximum absolute atomic E-state index is 12.9. The fourth-order valence-corrected chi connectivity index (χ4v) is 2.39. The standard InChI is InChI=1S/C14H18F2OS/c15-10-9-13(16)8-4-5-11-18-14(17)12-6-2-1-3-7-12/h1-3,6-7,13H,4-5,8-11H2. The lowest BCUT2D eigenvalue weighted by Crippen LogP contribution is -2.01. The van der Waals surface area contributed by atoms with Crippen LogP contribution in [0.5, 0.6) is 0 Å². The summed E-state index contributed by atoms with van der Waals surface area (Å²) in [6, 6.07) is 9.10. The summed E-state index contributed by atoms with van der Waals surface area (Å²) in [6.45, 7) is -0.595. The van der Waals surface area contributed by atoms with E-state index >= 15 is 0 Å². The lowest BCUT2D eigenvalue weighted by Gasteiger charge is -2.05. The van der Waals surface area contributed by atoms with Gasteiger partial charge in [0.1, 0.15) is 6.17 Å². The Kier molecular flexibility index (Phi) is 7.65. The van der Waals surface area contributed by atoms with Crippen LogP contribution >= 0.6 is 11.8 Å². The molecule has 0 N–H and O–H groups in total. The second kappa shape index (κ2) is 9.09. The maximum Gasteiger partial charge on any atom is 0.219 e. The van der Waals surface area contributed by atoms with E-state index in [1.807, 2.05) is 18.2 Å². The minimum absolute atomic E-state index is 0.00388. The van der Waals surface area contributed by atoms with Gasteiger partial charge in [-0.2, -0.15) is 0 Å². The highest BCUT2D eigenvalue weighted by Gasteiger charge is 2.07. The minimum Gasteiger partial charge on any atom is -0.282 e. The Hall–Kier alpha value is -0.900. The SMILES string of the molecule is O=C(SCCCCC(F)CCF)c1ccccc1. The van der Waals surface area contributed by atoms with Crippen LogP contribution in [0.3, 0.4) is 0 Å². The molecule has 0 aliphatic carbocycles. The zero-order valence-electron chi connectivity index (χ0n) is 10.3. The molecular weight excluding hydrogens is 254 g/mol. The van der Waals surface area contributed by atoms with Gasteiger partial charge in [0.25, 0.3) is 0 Å². The molecule has 1 nitrogen and oxygen atoms in total. The third-order valence-corrected chi connectivity index (χ3v) is 3.57. The molecule has 4 heteroatoms. The van der Waals surface area contributed by atoms with E-state index in [4.69, 9.17) is 0 Å². The Balaban J connectivity index is 2.10. The van der Waals surface area contributed by atoms with Crippen LogP contribution in [0, 0.1) is 0 Å². The Bertz CT molecular complexity index is 343. The zero-order chi connectivity index (χ0) is 13.2. The number of unbranched alkanes of at least 4 members (excludes halogenated alkanes) is 1. The lowest BCUT2D eigenvalue weighted by molar-refractivity contribution is 0.108. The van der Waals surface area contributed by atoms with Crippen LogP contribution in [-0.4, -0.2) is 23.7 Å². The molecule has 1 rings (SSSR count). The van der Waals surface area contributed by atoms with Crippen molar-refractivity contribution in [3.8, 4) is 0 Å². The van der Waals surface area contributed by atoms with E-state index in [1.165, 1.54) is 11.8 Å². The van der Waals surface area contributed by atoms with Gasteiger partial charge in [-0.1, -0.05) is 42.1 Å². The molecule has 0 aliphatic rings. The average Bonchev–Trinajstić information content (AvgIpc) is 2.39. The van der Waals surface area contributed by atoms with Crippen LogP contribution in [0.1, 0.15) is 36.0 Å². The molecule has 1 aromatic rings. The van der Waals surface area contributed by atoms with E-state index in [2.05, 4.69) is 0 Å². The molecule has 0 bridgehead atoms. The van der Waals surface area contributed by atoms with Crippen molar-refractivity contribution in [2.75, 3.05) is 12.4 Å². The van der Waals surface area contributed by atoms with Crippen molar-refractivity contribution in [1.29, 1.82) is 0 Å². The monoisotopic (exact) mass is 272 g/mol. The smallest absolute Gasteiger partial charge is 0.219 e. The van der Waals surface area contributed by atoms with Crippen LogP contribution in [0.25, 0.3) is 0 Å². The van der Waals surface area contributed by atoms with Crippen LogP contribution in [0.4, 0.5) is 8.78 Å². The molecule has 0 saturated heterocycles. The summed E-state index contributed by atoms with van der Waals surface area (Å²) in [6.07, 6.45) is 0.844. The summed E-state index contributed by atoms with van der Waals surface area (Å²) >= 11 is 1.26. The third kappa shape index (κ3) is 6.15. The molecule has 1 aromatic carbocycles. The lowest BCUT2D eigenvalue weighted by atomic mass is 10.1. The highest BCUT2D eigenvalue weighted by molar-refractivity contribution is 8.14. The first-order valence-electron chi connectivity index (χ1n) is 6.16. The highest BCUT2D eigenvalue weighted by atomic mass is 32.2. The van der Waals surface area contributed by atoms with E-state index in [0.717, 1.165) is 6.42 Å². The molecule has 0 radical (unpaired) electrons. The predicted molar refractivity (Wildman–Crippen MR) is 72.6 cm³/mol. The molecule has 0 heterocycles. The van der Waals surface area contributed by atoms with Gasteiger partial charge in [-0.25, -0.2) is 4.39 Å². The van der Waals surface area contributed by atoms with Crippen molar-refractivity contribution in [2.24, 2.45) is 0 Å². The van der Waals surface area contributed by atoms with Crippen molar-refractivity contribution >= 4 is 16.9 Å². The average molecular weight is 272 g/mol. The molecule has 0 aliphatic heterocycles. The van der Waals surface area contributed by atoms with Crippen molar-refractivity contribution in [3.63, 3.8) is 0 Å². The van der Waals surface area contributed by atoms with E-state index in [1.54, 1.807) is 12.1 Å². The summed E-state index contributed by atoms with van der Waals surface area (Å²) in [5.74, 6) is 0.691. The Labute approximate surface area is 111 Å². The van der Waals surface area contributed by atoms with E-state index in [9.17, 15) is 13.6 Å². The minimum atomic E-state index is -1.04. The number of carbonyl (C=O) groups excluding carboxylic acids is 1. The summed E-state index contributed by atoms with van der Waals surface area (Å²) in [5.41, 5.74) is 0.697. The summed E-state index contributed by atoms with van der Waals surface area (Å²) < 4.78 is 24.8. The van der Waals surface area contributed by atoms with Gasteiger partial charge in [0.15, 0.2) is 0 Å². The van der Waals surface area contributed by atoms with Gasteiger partial charge in [0.2, 0.25) is 5.12 Å². The Morgan fingerprint density at radius 2 is 1.89 bits per heavy atom. The molecular formula is C14H18F2OS. The Morgan fingerprint density at radius 3 is 2.56 bits per heavy atom. The molecule has 0 aromatic heterocycles. The number of benzene rings is 1. The van der Waals surface area contributed by atoms with Crippen molar-refractivity contribution in [1.82, 2.24) is 0 Å².